The Morgan fingerprint density at radius 1 is 1.00 bits per heavy atom. The number of hydrogen-bond acceptors (Lipinski definition) is 5. The molecule has 0 bridgehead atoms. The van der Waals surface area contributed by atoms with E-state index in [2.05, 4.69) is 17.1 Å². The molecule has 3 N–H and O–H groups in total. The number of carbonyl (C=O) groups excluding carboxylic acids is 1. The topological polar surface area (TPSA) is 110 Å². The van der Waals surface area contributed by atoms with Crippen molar-refractivity contribution < 1.29 is 37.8 Å². The third kappa shape index (κ3) is 7.92. The number of carboxylic acids is 2. The van der Waals surface area contributed by atoms with Crippen LogP contribution < -0.4 is 5.32 Å². The number of carbonyl (C=O) groups is 3. The maximum Gasteiger partial charge on any atom is 0.418 e. The number of alkyl halides is 3. The van der Waals surface area contributed by atoms with Gasteiger partial charge in [-0.3, -0.25) is 9.69 Å². The number of carboxylic acid groups (broad SMARTS) is 2. The van der Waals surface area contributed by atoms with Gasteiger partial charge in [-0.05, 0) is 18.7 Å². The summed E-state index contributed by atoms with van der Waals surface area (Å²) in [6.07, 6.45) is -4.48. The van der Waals surface area contributed by atoms with Crippen LogP contribution in [0.4, 0.5) is 18.9 Å². The van der Waals surface area contributed by atoms with Gasteiger partial charge in [0.15, 0.2) is 0 Å². The van der Waals surface area contributed by atoms with Crippen molar-refractivity contribution in [2.45, 2.75) is 13.1 Å². The predicted molar refractivity (Wildman–Crippen MR) is 93.9 cm³/mol. The number of likely N-dealkylation sites (N-methyl/N-ethyl adjacent to an activating group) is 1. The summed E-state index contributed by atoms with van der Waals surface area (Å²) >= 11 is 0. The zero-order valence-electron chi connectivity index (χ0n) is 15.2. The van der Waals surface area contributed by atoms with E-state index >= 15 is 0 Å². The summed E-state index contributed by atoms with van der Waals surface area (Å²) in [7, 11) is 0. The summed E-state index contributed by atoms with van der Waals surface area (Å²) < 4.78 is 38.6. The Morgan fingerprint density at radius 3 is 1.96 bits per heavy atom. The van der Waals surface area contributed by atoms with Gasteiger partial charge in [0.1, 0.15) is 0 Å². The Hall–Kier alpha value is -2.66. The SMILES string of the molecule is CCN1CCN(CC(=O)Nc2ccccc2C(F)(F)F)CC1.O=C(O)C(=O)O. The smallest absolute Gasteiger partial charge is 0.418 e. The predicted octanol–water partition coefficient (Wildman–Crippen LogP) is 1.44. The molecular formula is C17H22F3N3O5. The van der Waals surface area contributed by atoms with Crippen LogP contribution in [0.5, 0.6) is 0 Å². The highest BCUT2D eigenvalue weighted by molar-refractivity contribution is 6.27. The first kappa shape index (κ1) is 23.4. The summed E-state index contributed by atoms with van der Waals surface area (Å²) in [5, 5.41) is 17.2. The molecule has 2 rings (SSSR count). The van der Waals surface area contributed by atoms with Crippen LogP contribution in [0.15, 0.2) is 24.3 Å². The van der Waals surface area contributed by atoms with Crippen molar-refractivity contribution in [3.63, 3.8) is 0 Å². The van der Waals surface area contributed by atoms with E-state index in [0.717, 1.165) is 38.8 Å². The lowest BCUT2D eigenvalue weighted by Crippen LogP contribution is -2.48. The van der Waals surface area contributed by atoms with Gasteiger partial charge in [0.2, 0.25) is 5.91 Å². The van der Waals surface area contributed by atoms with E-state index in [0.29, 0.717) is 0 Å². The van der Waals surface area contributed by atoms with Crippen molar-refractivity contribution in [2.75, 3.05) is 44.6 Å². The lowest BCUT2D eigenvalue weighted by molar-refractivity contribution is -0.159. The molecule has 0 atom stereocenters. The monoisotopic (exact) mass is 405 g/mol. The molecule has 1 amide bonds. The lowest BCUT2D eigenvalue weighted by atomic mass is 10.1. The molecule has 28 heavy (non-hydrogen) atoms. The van der Waals surface area contributed by atoms with Crippen LogP contribution in [-0.4, -0.2) is 77.1 Å². The Bertz CT molecular complexity index is 677. The van der Waals surface area contributed by atoms with E-state index in [1.54, 1.807) is 0 Å². The summed E-state index contributed by atoms with van der Waals surface area (Å²) in [6.45, 7) is 6.43. The number of halogens is 3. The number of rotatable bonds is 4. The summed E-state index contributed by atoms with van der Waals surface area (Å²) in [6, 6.07) is 5.03. The van der Waals surface area contributed by atoms with Crippen molar-refractivity contribution in [2.24, 2.45) is 0 Å². The van der Waals surface area contributed by atoms with E-state index in [1.807, 2.05) is 4.90 Å². The van der Waals surface area contributed by atoms with E-state index in [-0.39, 0.29) is 12.2 Å². The van der Waals surface area contributed by atoms with Gasteiger partial charge in [0.25, 0.3) is 0 Å². The first-order valence-electron chi connectivity index (χ1n) is 8.41. The zero-order chi connectivity index (χ0) is 21.3. The molecule has 8 nitrogen and oxygen atoms in total. The molecule has 0 saturated carbocycles. The van der Waals surface area contributed by atoms with Gasteiger partial charge in [0, 0.05) is 26.2 Å². The number of anilines is 1. The number of para-hydroxylation sites is 1. The number of benzene rings is 1. The second kappa shape index (κ2) is 10.6. The van der Waals surface area contributed by atoms with Crippen molar-refractivity contribution in [3.8, 4) is 0 Å². The van der Waals surface area contributed by atoms with Crippen molar-refractivity contribution >= 4 is 23.5 Å². The number of nitrogens with one attached hydrogen (secondary N) is 1. The Balaban J connectivity index is 0.000000568. The minimum absolute atomic E-state index is 0.115. The standard InChI is InChI=1S/C15H20F3N3O.C2H2O4/c1-2-20-7-9-21(10-8-20)11-14(22)19-13-6-4-3-5-12(13)15(16,17)18;3-1(4)2(5)6/h3-6H,2,7-11H2,1H3,(H,19,22);(H,3,4)(H,5,6). The number of hydrogen-bond donors (Lipinski definition) is 3. The largest absolute Gasteiger partial charge is 0.473 e. The van der Waals surface area contributed by atoms with Crippen LogP contribution in [0.2, 0.25) is 0 Å². The molecule has 0 unspecified atom stereocenters. The minimum atomic E-state index is -4.48. The van der Waals surface area contributed by atoms with Crippen LogP contribution in [0, 0.1) is 0 Å². The maximum atomic E-state index is 12.9. The summed E-state index contributed by atoms with van der Waals surface area (Å²) in [5.74, 6) is -4.06. The average molecular weight is 405 g/mol. The van der Waals surface area contributed by atoms with Gasteiger partial charge in [0.05, 0.1) is 17.8 Å². The van der Waals surface area contributed by atoms with Gasteiger partial charge >= 0.3 is 18.1 Å². The van der Waals surface area contributed by atoms with Crippen molar-refractivity contribution in [1.82, 2.24) is 9.80 Å². The molecule has 1 fully saturated rings. The summed E-state index contributed by atoms with van der Waals surface area (Å²) in [5.41, 5.74) is -1.01. The molecule has 0 aromatic heterocycles. The normalized spacial score (nSPS) is 15.3. The fraction of sp³-hybridized carbons (Fsp3) is 0.471. The Kier molecular flexibility index (Phi) is 8.86. The molecule has 1 saturated heterocycles. The highest BCUT2D eigenvalue weighted by Gasteiger charge is 2.33. The van der Waals surface area contributed by atoms with Gasteiger partial charge in [-0.1, -0.05) is 19.1 Å². The molecule has 1 aromatic rings. The third-order valence-electron chi connectivity index (χ3n) is 3.97. The van der Waals surface area contributed by atoms with Crippen LogP contribution in [0.3, 0.4) is 0 Å². The average Bonchev–Trinajstić information content (AvgIpc) is 2.62. The third-order valence-corrected chi connectivity index (χ3v) is 3.97. The molecule has 11 heteroatoms. The fourth-order valence-electron chi connectivity index (χ4n) is 2.50. The van der Waals surface area contributed by atoms with Crippen LogP contribution in [-0.2, 0) is 20.6 Å². The summed E-state index contributed by atoms with van der Waals surface area (Å²) in [4.78, 5) is 34.4. The van der Waals surface area contributed by atoms with Crippen LogP contribution in [0.25, 0.3) is 0 Å². The van der Waals surface area contributed by atoms with E-state index in [4.69, 9.17) is 19.8 Å². The number of amides is 1. The number of piperazine rings is 1. The number of aliphatic carboxylic acids is 2. The van der Waals surface area contributed by atoms with E-state index in [9.17, 15) is 18.0 Å². The second-order valence-electron chi connectivity index (χ2n) is 5.91. The maximum absolute atomic E-state index is 12.9. The van der Waals surface area contributed by atoms with E-state index < -0.39 is 29.6 Å². The van der Waals surface area contributed by atoms with Gasteiger partial charge in [-0.2, -0.15) is 13.2 Å². The van der Waals surface area contributed by atoms with Crippen molar-refractivity contribution in [3.05, 3.63) is 29.8 Å². The zero-order valence-corrected chi connectivity index (χ0v) is 15.2. The molecule has 1 heterocycles. The molecule has 1 aliphatic rings. The second-order valence-corrected chi connectivity index (χ2v) is 5.91. The molecule has 0 radical (unpaired) electrons. The lowest BCUT2D eigenvalue weighted by Gasteiger charge is -2.33. The highest BCUT2D eigenvalue weighted by Crippen LogP contribution is 2.34. The Labute approximate surface area is 159 Å². The molecule has 1 aliphatic heterocycles. The van der Waals surface area contributed by atoms with Crippen LogP contribution >= 0.6 is 0 Å². The van der Waals surface area contributed by atoms with Crippen LogP contribution in [0.1, 0.15) is 12.5 Å². The molecular weight excluding hydrogens is 383 g/mol. The van der Waals surface area contributed by atoms with E-state index in [1.165, 1.54) is 18.2 Å². The first-order chi connectivity index (χ1) is 13.0. The number of nitrogens with zero attached hydrogens (tertiary/aromatic N) is 2. The minimum Gasteiger partial charge on any atom is -0.473 e. The molecule has 156 valence electrons. The Morgan fingerprint density at radius 2 is 1.50 bits per heavy atom. The quantitative estimate of drug-likeness (QED) is 0.650. The van der Waals surface area contributed by atoms with Crippen molar-refractivity contribution in [1.29, 1.82) is 0 Å². The van der Waals surface area contributed by atoms with Gasteiger partial charge < -0.3 is 20.4 Å². The first-order valence-corrected chi connectivity index (χ1v) is 8.41. The van der Waals surface area contributed by atoms with Gasteiger partial charge in [-0.15, -0.1) is 0 Å². The fourth-order valence-corrected chi connectivity index (χ4v) is 2.50. The highest BCUT2D eigenvalue weighted by atomic mass is 19.4. The molecule has 1 aromatic carbocycles. The molecule has 0 aliphatic carbocycles. The van der Waals surface area contributed by atoms with Gasteiger partial charge in [-0.25, -0.2) is 9.59 Å². The molecule has 0 spiro atoms.